The molecule has 0 radical (unpaired) electrons. The Balaban J connectivity index is 0.00000304. The lowest BCUT2D eigenvalue weighted by Gasteiger charge is -2.11. The van der Waals surface area contributed by atoms with E-state index in [1.807, 2.05) is 0 Å². The molecule has 7 nitrogen and oxygen atoms in total. The van der Waals surface area contributed by atoms with E-state index in [1.165, 1.54) is 36.4 Å². The maximum atomic E-state index is 13.2. The fraction of sp³-hybridized carbons (Fsp3) is 0.0417. The van der Waals surface area contributed by atoms with Gasteiger partial charge in [0.2, 0.25) is 0 Å². The molecule has 0 fully saturated rings. The number of aromatic amines is 1. The first-order valence-electron chi connectivity index (χ1n) is 10.1. The summed E-state index contributed by atoms with van der Waals surface area (Å²) >= 11 is 0. The van der Waals surface area contributed by atoms with Crippen molar-refractivity contribution in [2.24, 2.45) is 0 Å². The Labute approximate surface area is 208 Å². The molecule has 0 bridgehead atoms. The number of aromatic hydroxyl groups is 2. The molecule has 0 spiro atoms. The summed E-state index contributed by atoms with van der Waals surface area (Å²) in [7, 11) is -4.55. The fourth-order valence-electron chi connectivity index (χ4n) is 3.99. The highest BCUT2D eigenvalue weighted by Gasteiger charge is 2.30. The Morgan fingerprint density at radius 3 is 2.28 bits per heavy atom. The summed E-state index contributed by atoms with van der Waals surface area (Å²) in [4.78, 5) is 6.97. The zero-order valence-electron chi connectivity index (χ0n) is 17.9. The maximum Gasteiger partial charge on any atom is 0.416 e. The van der Waals surface area contributed by atoms with Crippen LogP contribution in [0.4, 0.5) is 13.2 Å². The van der Waals surface area contributed by atoms with E-state index in [0.717, 1.165) is 18.2 Å². The number of phenols is 2. The van der Waals surface area contributed by atoms with Gasteiger partial charge in [-0.05, 0) is 41.3 Å². The molecule has 0 aliphatic rings. The number of hydrogen-bond acceptors (Lipinski definition) is 5. The summed E-state index contributed by atoms with van der Waals surface area (Å²) < 4.78 is 71.7. The molecule has 0 saturated carbocycles. The molecule has 1 aromatic heterocycles. The van der Waals surface area contributed by atoms with E-state index in [1.54, 1.807) is 12.1 Å². The van der Waals surface area contributed by atoms with Gasteiger partial charge in [0.05, 0.1) is 26.9 Å². The Hall–Kier alpha value is -3.80. The van der Waals surface area contributed by atoms with E-state index < -0.39 is 32.5 Å². The average molecular weight is 537 g/mol. The number of rotatable bonds is 3. The SMILES string of the molecule is Cl.O=S(=O)(O)c1cc(O)c2c(ccc3[nH]c(-c4cccc(-c5cccc(C(F)(F)F)c5)c4O)nc32)c1. The normalized spacial score (nSPS) is 12.1. The molecule has 4 aromatic carbocycles. The Bertz CT molecular complexity index is 1750. The third-order valence-electron chi connectivity index (χ3n) is 5.61. The molecule has 0 aliphatic carbocycles. The zero-order valence-corrected chi connectivity index (χ0v) is 19.5. The number of halogens is 4. The average Bonchev–Trinajstić information content (AvgIpc) is 3.22. The Kier molecular flexibility index (Phi) is 6.11. The lowest BCUT2D eigenvalue weighted by Crippen LogP contribution is -2.04. The van der Waals surface area contributed by atoms with Crippen molar-refractivity contribution in [3.05, 3.63) is 72.3 Å². The summed E-state index contributed by atoms with van der Waals surface area (Å²) in [5, 5.41) is 21.9. The van der Waals surface area contributed by atoms with Crippen LogP contribution in [-0.4, -0.2) is 33.2 Å². The number of para-hydroxylation sites is 1. The highest BCUT2D eigenvalue weighted by atomic mass is 35.5. The number of hydrogen-bond donors (Lipinski definition) is 4. The molecule has 0 amide bonds. The molecule has 0 atom stereocenters. The number of nitrogens with one attached hydrogen (secondary N) is 1. The van der Waals surface area contributed by atoms with E-state index >= 15 is 0 Å². The van der Waals surface area contributed by atoms with E-state index in [-0.39, 0.29) is 51.6 Å². The monoisotopic (exact) mass is 536 g/mol. The molecule has 4 N–H and O–H groups in total. The van der Waals surface area contributed by atoms with Crippen LogP contribution >= 0.6 is 12.4 Å². The van der Waals surface area contributed by atoms with Gasteiger partial charge in [-0.1, -0.05) is 30.3 Å². The van der Waals surface area contributed by atoms with Gasteiger partial charge in [0.15, 0.2) is 0 Å². The first-order chi connectivity index (χ1) is 16.4. The van der Waals surface area contributed by atoms with Gasteiger partial charge in [0, 0.05) is 11.6 Å². The number of fused-ring (bicyclic) bond motifs is 3. The van der Waals surface area contributed by atoms with Crippen molar-refractivity contribution in [3.63, 3.8) is 0 Å². The molecular weight excluding hydrogens is 521 g/mol. The largest absolute Gasteiger partial charge is 0.507 e. The van der Waals surface area contributed by atoms with Gasteiger partial charge in [-0.15, -0.1) is 12.4 Å². The van der Waals surface area contributed by atoms with Crippen molar-refractivity contribution >= 4 is 44.3 Å². The number of alkyl halides is 3. The summed E-state index contributed by atoms with van der Waals surface area (Å²) in [6, 6.07) is 14.3. The highest BCUT2D eigenvalue weighted by molar-refractivity contribution is 7.85. The van der Waals surface area contributed by atoms with Crippen molar-refractivity contribution in [1.29, 1.82) is 0 Å². The third kappa shape index (κ3) is 4.32. The number of benzene rings is 4. The first kappa shape index (κ1) is 25.3. The first-order valence-corrected chi connectivity index (χ1v) is 11.5. The second-order valence-electron chi connectivity index (χ2n) is 7.84. The van der Waals surface area contributed by atoms with Crippen molar-refractivity contribution in [3.8, 4) is 34.0 Å². The molecule has 186 valence electrons. The van der Waals surface area contributed by atoms with Gasteiger partial charge in [0.1, 0.15) is 22.8 Å². The Morgan fingerprint density at radius 1 is 0.889 bits per heavy atom. The van der Waals surface area contributed by atoms with E-state index in [4.69, 9.17) is 0 Å². The number of phenolic OH excluding ortho intramolecular Hbond substituents is 2. The molecule has 1 heterocycles. The summed E-state index contributed by atoms with van der Waals surface area (Å²) in [5.41, 5.74) is 0.399. The van der Waals surface area contributed by atoms with Crippen molar-refractivity contribution in [2.75, 3.05) is 0 Å². The molecular formula is C24H16ClF3N2O5S. The highest BCUT2D eigenvalue weighted by Crippen LogP contribution is 2.41. The molecule has 0 aliphatic heterocycles. The topological polar surface area (TPSA) is 124 Å². The third-order valence-corrected chi connectivity index (χ3v) is 6.44. The molecule has 12 heteroatoms. The minimum Gasteiger partial charge on any atom is -0.507 e. The van der Waals surface area contributed by atoms with Crippen LogP contribution in [0.3, 0.4) is 0 Å². The van der Waals surface area contributed by atoms with Gasteiger partial charge in [-0.3, -0.25) is 4.55 Å². The fourth-order valence-corrected chi connectivity index (χ4v) is 4.53. The number of imidazole rings is 1. The van der Waals surface area contributed by atoms with Crippen LogP contribution in [0.25, 0.3) is 44.3 Å². The number of H-pyrrole nitrogens is 1. The molecule has 5 rings (SSSR count). The van der Waals surface area contributed by atoms with E-state index in [0.29, 0.717) is 10.9 Å². The predicted octanol–water partition coefficient (Wildman–Crippen LogP) is 6.15. The van der Waals surface area contributed by atoms with Gasteiger partial charge in [-0.2, -0.15) is 21.6 Å². The summed E-state index contributed by atoms with van der Waals surface area (Å²) in [6.07, 6.45) is -4.54. The van der Waals surface area contributed by atoms with Crippen LogP contribution < -0.4 is 0 Å². The van der Waals surface area contributed by atoms with E-state index in [2.05, 4.69) is 9.97 Å². The van der Waals surface area contributed by atoms with Crippen LogP contribution in [0.2, 0.25) is 0 Å². The van der Waals surface area contributed by atoms with Crippen LogP contribution in [0.5, 0.6) is 11.5 Å². The molecule has 0 saturated heterocycles. The standard InChI is InChI=1S/C24H15F3N2O5S.ClH/c25-24(26,27)14-4-1-3-12(9-14)16-5-2-6-17(22(16)31)23-28-18-8-7-13-10-15(35(32,33)34)11-19(30)20(13)21(18)29-23;/h1-11,30-31H,(H,28,29)(H,32,33,34);1H. The van der Waals surface area contributed by atoms with Crippen LogP contribution in [-0.2, 0) is 16.3 Å². The van der Waals surface area contributed by atoms with Crippen molar-refractivity contribution in [2.45, 2.75) is 11.1 Å². The lowest BCUT2D eigenvalue weighted by molar-refractivity contribution is -0.137. The van der Waals surface area contributed by atoms with Crippen molar-refractivity contribution in [1.82, 2.24) is 9.97 Å². The quantitative estimate of drug-likeness (QED) is 0.205. The van der Waals surface area contributed by atoms with Crippen LogP contribution in [0.1, 0.15) is 5.56 Å². The predicted molar refractivity (Wildman–Crippen MR) is 130 cm³/mol. The zero-order chi connectivity index (χ0) is 25.1. The number of aromatic nitrogens is 2. The minimum absolute atomic E-state index is 0. The second-order valence-corrected chi connectivity index (χ2v) is 9.26. The number of nitrogens with zero attached hydrogens (tertiary/aromatic N) is 1. The smallest absolute Gasteiger partial charge is 0.416 e. The molecule has 36 heavy (non-hydrogen) atoms. The van der Waals surface area contributed by atoms with Crippen LogP contribution in [0, 0.1) is 0 Å². The minimum atomic E-state index is -4.55. The van der Waals surface area contributed by atoms with Crippen LogP contribution in [0.15, 0.2) is 71.6 Å². The molecule has 0 unspecified atom stereocenters. The Morgan fingerprint density at radius 2 is 1.58 bits per heavy atom. The molecule has 5 aromatic rings. The van der Waals surface area contributed by atoms with Gasteiger partial charge in [-0.25, -0.2) is 4.98 Å². The van der Waals surface area contributed by atoms with Gasteiger partial charge < -0.3 is 15.2 Å². The second kappa shape index (κ2) is 8.70. The van der Waals surface area contributed by atoms with Crippen molar-refractivity contribution < 1.29 is 36.4 Å². The van der Waals surface area contributed by atoms with Gasteiger partial charge in [0.25, 0.3) is 10.1 Å². The summed E-state index contributed by atoms with van der Waals surface area (Å²) in [6.45, 7) is 0. The van der Waals surface area contributed by atoms with Gasteiger partial charge >= 0.3 is 6.18 Å². The van der Waals surface area contributed by atoms with E-state index in [9.17, 15) is 36.4 Å². The summed E-state index contributed by atoms with van der Waals surface area (Å²) in [5.74, 6) is -0.550. The maximum absolute atomic E-state index is 13.2. The lowest BCUT2D eigenvalue weighted by atomic mass is 9.99.